The minimum atomic E-state index is -0.509. The van der Waals surface area contributed by atoms with Gasteiger partial charge in [0.25, 0.3) is 0 Å². The third-order valence-electron chi connectivity index (χ3n) is 2.82. The molecule has 1 heterocycles. The number of hydrogen-bond donors (Lipinski definition) is 2. The van der Waals surface area contributed by atoms with Gasteiger partial charge in [0.05, 0.1) is 4.92 Å². The molecule has 0 fully saturated rings. The first kappa shape index (κ1) is 15.2. The van der Waals surface area contributed by atoms with Crippen molar-refractivity contribution >= 4 is 23.4 Å². The number of nitrogens with one attached hydrogen (secondary N) is 1. The predicted octanol–water partition coefficient (Wildman–Crippen LogP) is 2.95. The average molecular weight is 305 g/mol. The molecule has 0 aliphatic heterocycles. The van der Waals surface area contributed by atoms with Gasteiger partial charge >= 0.3 is 5.69 Å². The molecule has 3 N–H and O–H groups in total. The zero-order chi connectivity index (χ0) is 15.4. The van der Waals surface area contributed by atoms with Crippen LogP contribution in [-0.2, 0) is 0 Å². The van der Waals surface area contributed by atoms with Crippen LogP contribution in [0.5, 0.6) is 0 Å². The Bertz CT molecular complexity index is 646. The molecule has 0 saturated carbocycles. The second kappa shape index (κ2) is 6.51. The van der Waals surface area contributed by atoms with Gasteiger partial charge in [0.2, 0.25) is 5.95 Å². The minimum absolute atomic E-state index is 0.141. The number of nitrogens with zero attached hydrogens (tertiary/aromatic N) is 3. The van der Waals surface area contributed by atoms with Gasteiger partial charge in [-0.25, -0.2) is 10.8 Å². The molecule has 2 rings (SSSR count). The first-order chi connectivity index (χ1) is 10.0. The van der Waals surface area contributed by atoms with Crippen molar-refractivity contribution in [3.8, 4) is 0 Å². The molecule has 0 radical (unpaired) electrons. The number of hydrazine groups is 1. The maximum absolute atomic E-state index is 11.0. The van der Waals surface area contributed by atoms with Gasteiger partial charge in [-0.1, -0.05) is 37.7 Å². The fraction of sp³-hybridized carbons (Fsp3) is 0.231. The number of anilines is 1. The number of rotatable bonds is 5. The summed E-state index contributed by atoms with van der Waals surface area (Å²) in [6.45, 7) is 4.22. The highest BCUT2D eigenvalue weighted by molar-refractivity contribution is 7.99. The number of aromatic nitrogens is 2. The summed E-state index contributed by atoms with van der Waals surface area (Å²) in [5, 5.41) is 11.3. The van der Waals surface area contributed by atoms with Crippen LogP contribution in [0.2, 0.25) is 0 Å². The van der Waals surface area contributed by atoms with Crippen LogP contribution in [0.1, 0.15) is 25.3 Å². The van der Waals surface area contributed by atoms with Crippen molar-refractivity contribution in [2.24, 2.45) is 5.84 Å². The third-order valence-corrected chi connectivity index (χ3v) is 3.82. The zero-order valence-electron chi connectivity index (χ0n) is 11.6. The van der Waals surface area contributed by atoms with Crippen molar-refractivity contribution < 1.29 is 4.92 Å². The van der Waals surface area contributed by atoms with E-state index >= 15 is 0 Å². The highest BCUT2D eigenvalue weighted by Crippen LogP contribution is 2.33. The van der Waals surface area contributed by atoms with Crippen molar-refractivity contribution in [3.05, 3.63) is 46.1 Å². The summed E-state index contributed by atoms with van der Waals surface area (Å²) in [6.07, 6.45) is 1.15. The summed E-state index contributed by atoms with van der Waals surface area (Å²) >= 11 is 1.20. The summed E-state index contributed by atoms with van der Waals surface area (Å²) in [5.74, 6) is 5.81. The first-order valence-electron chi connectivity index (χ1n) is 6.27. The number of hydrogen-bond acceptors (Lipinski definition) is 7. The lowest BCUT2D eigenvalue weighted by Crippen LogP contribution is -2.11. The van der Waals surface area contributed by atoms with Crippen molar-refractivity contribution in [2.45, 2.75) is 29.7 Å². The van der Waals surface area contributed by atoms with Gasteiger partial charge in [-0.05, 0) is 23.6 Å². The molecule has 0 unspecified atom stereocenters. The standard InChI is InChI=1S/C13H15N5O2S/c1-8(2)9-3-5-10(6-4-9)21-12-11(18(19)20)7-15-13(16-12)17-14/h3-8H,14H2,1-2H3,(H,15,16,17). The summed E-state index contributed by atoms with van der Waals surface area (Å²) in [6, 6.07) is 7.84. The molecule has 1 aromatic carbocycles. The van der Waals surface area contributed by atoms with E-state index in [1.807, 2.05) is 24.3 Å². The van der Waals surface area contributed by atoms with Gasteiger partial charge in [0, 0.05) is 4.90 Å². The van der Waals surface area contributed by atoms with E-state index in [0.29, 0.717) is 5.92 Å². The molecule has 8 heteroatoms. The molecule has 7 nitrogen and oxygen atoms in total. The van der Waals surface area contributed by atoms with Crippen LogP contribution < -0.4 is 11.3 Å². The average Bonchev–Trinajstić information content (AvgIpc) is 2.47. The lowest BCUT2D eigenvalue weighted by molar-refractivity contribution is -0.388. The summed E-state index contributed by atoms with van der Waals surface area (Å²) in [5.41, 5.74) is 3.35. The van der Waals surface area contributed by atoms with Crippen LogP contribution in [-0.4, -0.2) is 14.9 Å². The summed E-state index contributed by atoms with van der Waals surface area (Å²) in [4.78, 5) is 19.2. The van der Waals surface area contributed by atoms with Crippen LogP contribution in [0.25, 0.3) is 0 Å². The van der Waals surface area contributed by atoms with E-state index in [-0.39, 0.29) is 16.7 Å². The number of benzene rings is 1. The van der Waals surface area contributed by atoms with Crippen LogP contribution in [0.3, 0.4) is 0 Å². The maximum Gasteiger partial charge on any atom is 0.320 e. The Hall–Kier alpha value is -2.19. The van der Waals surface area contributed by atoms with E-state index in [2.05, 4.69) is 29.2 Å². The fourth-order valence-corrected chi connectivity index (χ4v) is 2.52. The second-order valence-corrected chi connectivity index (χ2v) is 5.67. The Morgan fingerprint density at radius 2 is 2.00 bits per heavy atom. The molecule has 110 valence electrons. The second-order valence-electron chi connectivity index (χ2n) is 4.61. The zero-order valence-corrected chi connectivity index (χ0v) is 12.4. The van der Waals surface area contributed by atoms with Crippen molar-refractivity contribution in [2.75, 3.05) is 5.43 Å². The molecule has 0 atom stereocenters. The van der Waals surface area contributed by atoms with E-state index in [1.165, 1.54) is 17.3 Å². The Morgan fingerprint density at radius 1 is 1.33 bits per heavy atom. The molecule has 0 aliphatic rings. The van der Waals surface area contributed by atoms with Gasteiger partial charge in [0.15, 0.2) is 5.03 Å². The largest absolute Gasteiger partial charge is 0.320 e. The van der Waals surface area contributed by atoms with Gasteiger partial charge in [-0.3, -0.25) is 15.5 Å². The lowest BCUT2D eigenvalue weighted by atomic mass is 10.0. The quantitative estimate of drug-likeness (QED) is 0.378. The normalized spacial score (nSPS) is 10.7. The van der Waals surface area contributed by atoms with Crippen LogP contribution in [0.4, 0.5) is 11.6 Å². The first-order valence-corrected chi connectivity index (χ1v) is 7.08. The third kappa shape index (κ3) is 3.67. The van der Waals surface area contributed by atoms with E-state index in [1.54, 1.807) is 0 Å². The maximum atomic E-state index is 11.0. The molecule has 0 aliphatic carbocycles. The Kier molecular flexibility index (Phi) is 4.71. The summed E-state index contributed by atoms with van der Waals surface area (Å²) < 4.78 is 0. The van der Waals surface area contributed by atoms with E-state index in [0.717, 1.165) is 11.1 Å². The number of nitro groups is 1. The fourth-order valence-electron chi connectivity index (χ4n) is 1.66. The van der Waals surface area contributed by atoms with Crippen LogP contribution in [0, 0.1) is 10.1 Å². The van der Waals surface area contributed by atoms with E-state index < -0.39 is 4.92 Å². The summed E-state index contributed by atoms with van der Waals surface area (Å²) in [7, 11) is 0. The lowest BCUT2D eigenvalue weighted by Gasteiger charge is -2.07. The molecule has 0 spiro atoms. The minimum Gasteiger partial charge on any atom is -0.292 e. The Labute approximate surface area is 126 Å². The Balaban J connectivity index is 2.31. The smallest absolute Gasteiger partial charge is 0.292 e. The Morgan fingerprint density at radius 3 is 2.52 bits per heavy atom. The highest BCUT2D eigenvalue weighted by atomic mass is 32.2. The van der Waals surface area contributed by atoms with Crippen LogP contribution >= 0.6 is 11.8 Å². The SMILES string of the molecule is CC(C)c1ccc(Sc2nc(NN)ncc2[N+](=O)[O-])cc1. The topological polar surface area (TPSA) is 107 Å². The molecule has 21 heavy (non-hydrogen) atoms. The van der Waals surface area contributed by atoms with Crippen molar-refractivity contribution in [1.82, 2.24) is 9.97 Å². The van der Waals surface area contributed by atoms with Crippen molar-refractivity contribution in [3.63, 3.8) is 0 Å². The molecule has 2 aromatic rings. The number of nitrogen functional groups attached to an aromatic ring is 1. The van der Waals surface area contributed by atoms with Gasteiger partial charge in [0.1, 0.15) is 6.20 Å². The molecule has 0 saturated heterocycles. The van der Waals surface area contributed by atoms with Gasteiger partial charge in [-0.2, -0.15) is 4.98 Å². The molecular weight excluding hydrogens is 290 g/mol. The molecule has 0 amide bonds. The van der Waals surface area contributed by atoms with Crippen molar-refractivity contribution in [1.29, 1.82) is 0 Å². The van der Waals surface area contributed by atoms with Gasteiger partial charge < -0.3 is 0 Å². The molecular formula is C13H15N5O2S. The number of nitrogens with two attached hydrogens (primary N) is 1. The van der Waals surface area contributed by atoms with E-state index in [4.69, 9.17) is 5.84 Å². The molecule has 0 bridgehead atoms. The van der Waals surface area contributed by atoms with Gasteiger partial charge in [-0.15, -0.1) is 0 Å². The van der Waals surface area contributed by atoms with E-state index in [9.17, 15) is 10.1 Å². The predicted molar refractivity (Wildman–Crippen MR) is 81.2 cm³/mol. The monoisotopic (exact) mass is 305 g/mol. The van der Waals surface area contributed by atoms with Crippen LogP contribution in [0.15, 0.2) is 40.4 Å². The molecule has 1 aromatic heterocycles. The highest BCUT2D eigenvalue weighted by Gasteiger charge is 2.18.